The lowest BCUT2D eigenvalue weighted by Crippen LogP contribution is -2.22. The third kappa shape index (κ3) is 3.35. The Labute approximate surface area is 153 Å². The normalized spacial score (nSPS) is 11.6. The van der Waals surface area contributed by atoms with Gasteiger partial charge >= 0.3 is 6.18 Å². The highest BCUT2D eigenvalue weighted by molar-refractivity contribution is 6.12. The number of carbonyl (C=O) groups excluding carboxylic acids is 1. The van der Waals surface area contributed by atoms with Crippen LogP contribution in [0.1, 0.15) is 15.9 Å². The number of methoxy groups -OCH3 is 1. The van der Waals surface area contributed by atoms with Crippen LogP contribution in [0.2, 0.25) is 0 Å². The number of amides is 1. The molecule has 0 atom stereocenters. The molecule has 3 aromatic rings. The SMILES string of the molecule is CONC(=O)c1c(-c2ccc(OC)cc2)n(C)c2cc(C(F)(F)F)ccc12. The molecule has 0 spiro atoms. The fourth-order valence-electron chi connectivity index (χ4n) is 3.07. The van der Waals surface area contributed by atoms with Gasteiger partial charge in [0.15, 0.2) is 0 Å². The molecule has 0 bridgehead atoms. The molecule has 0 aliphatic rings. The first kappa shape index (κ1) is 18.8. The van der Waals surface area contributed by atoms with Gasteiger partial charge in [-0.3, -0.25) is 9.63 Å². The lowest BCUT2D eigenvalue weighted by atomic mass is 10.0. The minimum absolute atomic E-state index is 0.230. The summed E-state index contributed by atoms with van der Waals surface area (Å²) >= 11 is 0. The maximum Gasteiger partial charge on any atom is 0.416 e. The lowest BCUT2D eigenvalue weighted by Gasteiger charge is -2.09. The molecular weight excluding hydrogens is 361 g/mol. The third-order valence-electron chi connectivity index (χ3n) is 4.31. The van der Waals surface area contributed by atoms with Crippen LogP contribution >= 0.6 is 0 Å². The number of benzene rings is 2. The summed E-state index contributed by atoms with van der Waals surface area (Å²) in [5, 5.41) is 0.394. The molecule has 0 fully saturated rings. The van der Waals surface area contributed by atoms with Crippen molar-refractivity contribution < 1.29 is 27.5 Å². The number of carbonyl (C=O) groups is 1. The molecule has 0 aliphatic carbocycles. The summed E-state index contributed by atoms with van der Waals surface area (Å²) in [5.41, 5.74) is 3.11. The smallest absolute Gasteiger partial charge is 0.416 e. The van der Waals surface area contributed by atoms with Crippen LogP contribution < -0.4 is 10.2 Å². The zero-order chi connectivity index (χ0) is 19.8. The van der Waals surface area contributed by atoms with Gasteiger partial charge in [-0.25, -0.2) is 5.48 Å². The molecule has 2 aromatic carbocycles. The monoisotopic (exact) mass is 378 g/mol. The molecule has 0 unspecified atom stereocenters. The Morgan fingerprint density at radius 1 is 1.07 bits per heavy atom. The second kappa shape index (κ2) is 6.96. The fraction of sp³-hybridized carbons (Fsp3) is 0.211. The Kier molecular flexibility index (Phi) is 4.84. The van der Waals surface area contributed by atoms with Crippen LogP contribution in [0.15, 0.2) is 42.5 Å². The molecule has 0 aliphatic heterocycles. The van der Waals surface area contributed by atoms with E-state index in [1.54, 1.807) is 35.9 Å². The van der Waals surface area contributed by atoms with Crippen LogP contribution in [0, 0.1) is 0 Å². The summed E-state index contributed by atoms with van der Waals surface area (Å²) in [6, 6.07) is 10.2. The number of nitrogens with one attached hydrogen (secondary N) is 1. The highest BCUT2D eigenvalue weighted by Gasteiger charge is 2.32. The molecule has 0 saturated carbocycles. The molecule has 27 heavy (non-hydrogen) atoms. The van der Waals surface area contributed by atoms with Gasteiger partial charge in [0.1, 0.15) is 5.75 Å². The maximum atomic E-state index is 13.1. The van der Waals surface area contributed by atoms with Crippen LogP contribution in [0.25, 0.3) is 22.2 Å². The lowest BCUT2D eigenvalue weighted by molar-refractivity contribution is -0.137. The van der Waals surface area contributed by atoms with Crippen LogP contribution in [0.4, 0.5) is 13.2 Å². The van der Waals surface area contributed by atoms with E-state index in [0.717, 1.165) is 12.1 Å². The Morgan fingerprint density at radius 2 is 1.74 bits per heavy atom. The molecule has 142 valence electrons. The number of hydrogen-bond donors (Lipinski definition) is 1. The Bertz CT molecular complexity index is 992. The van der Waals surface area contributed by atoms with E-state index < -0.39 is 17.6 Å². The molecule has 5 nitrogen and oxygen atoms in total. The first-order valence-corrected chi connectivity index (χ1v) is 7.95. The van der Waals surface area contributed by atoms with Gasteiger partial charge in [0.05, 0.1) is 31.0 Å². The minimum atomic E-state index is -4.48. The van der Waals surface area contributed by atoms with Gasteiger partial charge in [-0.15, -0.1) is 0 Å². The molecule has 0 radical (unpaired) electrons. The summed E-state index contributed by atoms with van der Waals surface area (Å²) in [4.78, 5) is 17.3. The van der Waals surface area contributed by atoms with E-state index in [4.69, 9.17) is 9.57 Å². The third-order valence-corrected chi connectivity index (χ3v) is 4.31. The molecule has 1 amide bonds. The maximum absolute atomic E-state index is 13.1. The van der Waals surface area contributed by atoms with E-state index in [1.165, 1.54) is 20.3 Å². The average Bonchev–Trinajstić information content (AvgIpc) is 2.93. The van der Waals surface area contributed by atoms with E-state index >= 15 is 0 Å². The zero-order valence-electron chi connectivity index (χ0n) is 14.8. The molecule has 1 heterocycles. The molecule has 8 heteroatoms. The molecular formula is C19H17F3N2O3. The number of ether oxygens (including phenoxy) is 1. The second-order valence-corrected chi connectivity index (χ2v) is 5.88. The van der Waals surface area contributed by atoms with Crippen LogP contribution in [0.3, 0.4) is 0 Å². The number of hydrogen-bond acceptors (Lipinski definition) is 3. The van der Waals surface area contributed by atoms with Crippen molar-refractivity contribution in [3.63, 3.8) is 0 Å². The number of fused-ring (bicyclic) bond motifs is 1. The van der Waals surface area contributed by atoms with Crippen LogP contribution in [-0.4, -0.2) is 24.7 Å². The van der Waals surface area contributed by atoms with Crippen molar-refractivity contribution in [3.05, 3.63) is 53.6 Å². The fourth-order valence-corrected chi connectivity index (χ4v) is 3.07. The quantitative estimate of drug-likeness (QED) is 0.694. The molecule has 0 saturated heterocycles. The van der Waals surface area contributed by atoms with Gasteiger partial charge in [-0.2, -0.15) is 13.2 Å². The van der Waals surface area contributed by atoms with Crippen molar-refractivity contribution in [2.24, 2.45) is 7.05 Å². The van der Waals surface area contributed by atoms with Crippen molar-refractivity contribution in [2.45, 2.75) is 6.18 Å². The average molecular weight is 378 g/mol. The number of hydroxylamine groups is 1. The highest BCUT2D eigenvalue weighted by Crippen LogP contribution is 2.37. The summed E-state index contributed by atoms with van der Waals surface area (Å²) in [6.07, 6.45) is -4.48. The number of aromatic nitrogens is 1. The van der Waals surface area contributed by atoms with E-state index in [9.17, 15) is 18.0 Å². The molecule has 1 N–H and O–H groups in total. The number of halogens is 3. The van der Waals surface area contributed by atoms with E-state index in [0.29, 0.717) is 22.4 Å². The van der Waals surface area contributed by atoms with Crippen molar-refractivity contribution in [2.75, 3.05) is 14.2 Å². The standard InChI is InChI=1S/C19H17F3N2O3/c1-24-15-10-12(19(20,21)22)6-9-14(15)16(18(25)23-27-3)17(24)11-4-7-13(26-2)8-5-11/h4-10H,1-3H3,(H,23,25). The summed E-state index contributed by atoms with van der Waals surface area (Å²) in [6.45, 7) is 0. The minimum Gasteiger partial charge on any atom is -0.497 e. The number of alkyl halides is 3. The van der Waals surface area contributed by atoms with Gasteiger partial charge in [-0.1, -0.05) is 6.07 Å². The predicted octanol–water partition coefficient (Wildman–Crippen LogP) is 4.16. The highest BCUT2D eigenvalue weighted by atomic mass is 19.4. The molecule has 1 aromatic heterocycles. The summed E-state index contributed by atoms with van der Waals surface area (Å²) in [5.74, 6) is 0.0773. The van der Waals surface area contributed by atoms with Gasteiger partial charge in [0.2, 0.25) is 0 Å². The predicted molar refractivity (Wildman–Crippen MR) is 94.4 cm³/mol. The zero-order valence-corrected chi connectivity index (χ0v) is 14.8. The number of rotatable bonds is 4. The first-order chi connectivity index (χ1) is 12.8. The van der Waals surface area contributed by atoms with E-state index in [1.807, 2.05) is 0 Å². The Balaban J connectivity index is 2.30. The topological polar surface area (TPSA) is 52.5 Å². The molecule has 3 rings (SSSR count). The van der Waals surface area contributed by atoms with Crippen LogP contribution in [0.5, 0.6) is 5.75 Å². The van der Waals surface area contributed by atoms with Crippen molar-refractivity contribution in [3.8, 4) is 17.0 Å². The van der Waals surface area contributed by atoms with E-state index in [2.05, 4.69) is 5.48 Å². The van der Waals surface area contributed by atoms with Gasteiger partial charge in [0, 0.05) is 18.0 Å². The number of nitrogens with zero attached hydrogens (tertiary/aromatic N) is 1. The second-order valence-electron chi connectivity index (χ2n) is 5.88. The Morgan fingerprint density at radius 3 is 2.30 bits per heavy atom. The summed E-state index contributed by atoms with van der Waals surface area (Å²) in [7, 11) is 4.44. The van der Waals surface area contributed by atoms with Crippen molar-refractivity contribution in [1.82, 2.24) is 10.0 Å². The Hall–Kier alpha value is -3.00. The van der Waals surface area contributed by atoms with Gasteiger partial charge in [0.25, 0.3) is 5.91 Å². The summed E-state index contributed by atoms with van der Waals surface area (Å²) < 4.78 is 46.1. The van der Waals surface area contributed by atoms with Crippen molar-refractivity contribution >= 4 is 16.8 Å². The van der Waals surface area contributed by atoms with Crippen molar-refractivity contribution in [1.29, 1.82) is 0 Å². The van der Waals surface area contributed by atoms with Crippen LogP contribution in [-0.2, 0) is 18.1 Å². The van der Waals surface area contributed by atoms with E-state index in [-0.39, 0.29) is 11.1 Å². The number of aryl methyl sites for hydroxylation is 1. The largest absolute Gasteiger partial charge is 0.497 e. The van der Waals surface area contributed by atoms with Gasteiger partial charge < -0.3 is 9.30 Å². The van der Waals surface area contributed by atoms with Gasteiger partial charge in [-0.05, 0) is 42.0 Å². The first-order valence-electron chi connectivity index (χ1n) is 7.95.